The van der Waals surface area contributed by atoms with Gasteiger partial charge in [-0.1, -0.05) is 6.07 Å². The molecular formula is C17H19N5O3. The molecule has 25 heavy (non-hydrogen) atoms. The Labute approximate surface area is 144 Å². The third-order valence-corrected chi connectivity index (χ3v) is 4.92. The molecule has 2 aliphatic heterocycles. The summed E-state index contributed by atoms with van der Waals surface area (Å²) in [6, 6.07) is 6.86. The van der Waals surface area contributed by atoms with Crippen LogP contribution in [0.3, 0.4) is 0 Å². The Morgan fingerprint density at radius 2 is 2.24 bits per heavy atom. The van der Waals surface area contributed by atoms with Crippen LogP contribution in [0.5, 0.6) is 0 Å². The van der Waals surface area contributed by atoms with Gasteiger partial charge >= 0.3 is 0 Å². The topological polar surface area (TPSA) is 93.3 Å². The normalized spacial score (nSPS) is 19.7. The minimum atomic E-state index is -0.391. The van der Waals surface area contributed by atoms with Crippen LogP contribution in [0.1, 0.15) is 34.9 Å². The zero-order valence-electron chi connectivity index (χ0n) is 13.7. The highest BCUT2D eigenvalue weighted by Gasteiger charge is 2.32. The average molecular weight is 341 g/mol. The van der Waals surface area contributed by atoms with Crippen LogP contribution in [0.4, 0.5) is 11.4 Å². The number of fused-ring (bicyclic) bond motifs is 1. The van der Waals surface area contributed by atoms with E-state index in [2.05, 4.69) is 10.4 Å². The molecule has 130 valence electrons. The van der Waals surface area contributed by atoms with Gasteiger partial charge < -0.3 is 10.2 Å². The Morgan fingerprint density at radius 3 is 3.00 bits per heavy atom. The molecule has 2 aliphatic rings. The zero-order chi connectivity index (χ0) is 17.4. The fourth-order valence-corrected chi connectivity index (χ4v) is 3.65. The quantitative estimate of drug-likeness (QED) is 0.680. The van der Waals surface area contributed by atoms with Crippen molar-refractivity contribution in [1.82, 2.24) is 15.1 Å². The van der Waals surface area contributed by atoms with Crippen molar-refractivity contribution in [3.05, 3.63) is 51.8 Å². The second kappa shape index (κ2) is 6.29. The number of nitro benzene ring substituents is 1. The fourth-order valence-electron chi connectivity index (χ4n) is 3.65. The van der Waals surface area contributed by atoms with Crippen LogP contribution < -0.4 is 10.2 Å². The number of carbonyl (C=O) groups is 1. The molecule has 3 heterocycles. The van der Waals surface area contributed by atoms with E-state index in [4.69, 9.17) is 0 Å². The van der Waals surface area contributed by atoms with Gasteiger partial charge in [-0.25, -0.2) is 0 Å². The van der Waals surface area contributed by atoms with Gasteiger partial charge in [0.15, 0.2) is 5.69 Å². The van der Waals surface area contributed by atoms with Crippen molar-refractivity contribution in [2.24, 2.45) is 0 Å². The minimum absolute atomic E-state index is 0.0756. The number of nitrogens with zero attached hydrogens (tertiary/aromatic N) is 4. The van der Waals surface area contributed by atoms with Crippen LogP contribution in [0.2, 0.25) is 0 Å². The summed E-state index contributed by atoms with van der Waals surface area (Å²) in [7, 11) is 0. The summed E-state index contributed by atoms with van der Waals surface area (Å²) in [5, 5.41) is 19.0. The summed E-state index contributed by atoms with van der Waals surface area (Å²) in [4.78, 5) is 25.2. The van der Waals surface area contributed by atoms with E-state index in [0.29, 0.717) is 29.9 Å². The van der Waals surface area contributed by atoms with Crippen LogP contribution in [0.25, 0.3) is 0 Å². The van der Waals surface area contributed by atoms with Gasteiger partial charge in [-0.15, -0.1) is 0 Å². The molecule has 0 spiro atoms. The number of aromatic nitrogens is 2. The SMILES string of the molecule is O=C(c1ccn(C2CCCNC2)n1)N1CCc2c1cccc2[N+](=O)[O-]. The standard InChI is InChI=1S/C17H19N5O3/c23-17(14-7-10-21(19-14)12-3-2-8-18-11-12)20-9-6-13-15(20)4-1-5-16(13)22(24)25/h1,4-5,7,10,12,18H,2-3,6,8-9,11H2. The van der Waals surface area contributed by atoms with Gasteiger partial charge in [-0.2, -0.15) is 5.10 Å². The van der Waals surface area contributed by atoms with Crippen LogP contribution in [-0.2, 0) is 6.42 Å². The monoisotopic (exact) mass is 341 g/mol. The lowest BCUT2D eigenvalue weighted by Crippen LogP contribution is -2.32. The molecular weight excluding hydrogens is 322 g/mol. The van der Waals surface area contributed by atoms with E-state index in [9.17, 15) is 14.9 Å². The second-order valence-electron chi connectivity index (χ2n) is 6.42. The smallest absolute Gasteiger partial charge is 0.278 e. The van der Waals surface area contributed by atoms with Crippen molar-refractivity contribution in [3.63, 3.8) is 0 Å². The summed E-state index contributed by atoms with van der Waals surface area (Å²) in [6.45, 7) is 2.32. The molecule has 0 saturated carbocycles. The van der Waals surface area contributed by atoms with Crippen molar-refractivity contribution in [3.8, 4) is 0 Å². The maximum Gasteiger partial charge on any atom is 0.278 e. The largest absolute Gasteiger partial charge is 0.315 e. The number of rotatable bonds is 3. The van der Waals surface area contributed by atoms with Crippen molar-refractivity contribution in [1.29, 1.82) is 0 Å². The molecule has 0 radical (unpaired) electrons. The Hall–Kier alpha value is -2.74. The van der Waals surface area contributed by atoms with Crippen LogP contribution in [0.15, 0.2) is 30.5 Å². The summed E-state index contributed by atoms with van der Waals surface area (Å²) in [5.41, 5.74) is 1.70. The van der Waals surface area contributed by atoms with E-state index < -0.39 is 4.92 Å². The molecule has 1 N–H and O–H groups in total. The van der Waals surface area contributed by atoms with Crippen molar-refractivity contribution in [2.45, 2.75) is 25.3 Å². The van der Waals surface area contributed by atoms with E-state index in [0.717, 1.165) is 25.9 Å². The van der Waals surface area contributed by atoms with E-state index in [-0.39, 0.29) is 17.6 Å². The zero-order valence-corrected chi connectivity index (χ0v) is 13.7. The Kier molecular flexibility index (Phi) is 3.96. The lowest BCUT2D eigenvalue weighted by atomic mass is 10.1. The van der Waals surface area contributed by atoms with Gasteiger partial charge in [-0.05, 0) is 37.9 Å². The number of nitro groups is 1. The molecule has 0 aliphatic carbocycles. The lowest BCUT2D eigenvalue weighted by Gasteiger charge is -2.23. The third-order valence-electron chi connectivity index (χ3n) is 4.92. The highest BCUT2D eigenvalue weighted by Crippen LogP contribution is 2.35. The number of hydrogen-bond acceptors (Lipinski definition) is 5. The first kappa shape index (κ1) is 15.8. The molecule has 1 aromatic heterocycles. The Balaban J connectivity index is 1.58. The fraction of sp³-hybridized carbons (Fsp3) is 0.412. The number of nitrogens with one attached hydrogen (secondary N) is 1. The molecule has 0 bridgehead atoms. The first-order valence-corrected chi connectivity index (χ1v) is 8.49. The van der Waals surface area contributed by atoms with Crippen LogP contribution in [-0.4, -0.2) is 40.2 Å². The number of amides is 1. The third kappa shape index (κ3) is 2.78. The first-order chi connectivity index (χ1) is 12.1. The molecule has 2 aromatic rings. The highest BCUT2D eigenvalue weighted by atomic mass is 16.6. The molecule has 1 atom stereocenters. The van der Waals surface area contributed by atoms with E-state index in [1.807, 2.05) is 10.9 Å². The van der Waals surface area contributed by atoms with E-state index in [1.54, 1.807) is 23.1 Å². The number of carbonyl (C=O) groups excluding carboxylic acids is 1. The molecule has 1 fully saturated rings. The predicted octanol–water partition coefficient (Wildman–Crippen LogP) is 1.92. The molecule has 8 heteroatoms. The number of piperidine rings is 1. The molecule has 1 saturated heterocycles. The lowest BCUT2D eigenvalue weighted by molar-refractivity contribution is -0.385. The Morgan fingerprint density at radius 1 is 1.36 bits per heavy atom. The summed E-state index contributed by atoms with van der Waals surface area (Å²) in [5.74, 6) is -0.207. The minimum Gasteiger partial charge on any atom is -0.315 e. The maximum absolute atomic E-state index is 12.9. The molecule has 1 aromatic carbocycles. The van der Waals surface area contributed by atoms with Crippen LogP contribution >= 0.6 is 0 Å². The van der Waals surface area contributed by atoms with Crippen LogP contribution in [0, 0.1) is 10.1 Å². The number of benzene rings is 1. The second-order valence-corrected chi connectivity index (χ2v) is 6.42. The molecule has 8 nitrogen and oxygen atoms in total. The summed E-state index contributed by atoms with van der Waals surface area (Å²) >= 11 is 0. The van der Waals surface area contributed by atoms with E-state index >= 15 is 0 Å². The van der Waals surface area contributed by atoms with E-state index in [1.165, 1.54) is 6.07 Å². The van der Waals surface area contributed by atoms with Gasteiger partial charge in [0.1, 0.15) is 0 Å². The predicted molar refractivity (Wildman–Crippen MR) is 91.8 cm³/mol. The summed E-state index contributed by atoms with van der Waals surface area (Å²) in [6.07, 6.45) is 4.47. The van der Waals surface area contributed by atoms with Gasteiger partial charge in [0.25, 0.3) is 11.6 Å². The maximum atomic E-state index is 12.9. The molecule has 4 rings (SSSR count). The van der Waals surface area contributed by atoms with Crippen molar-refractivity contribution >= 4 is 17.3 Å². The first-order valence-electron chi connectivity index (χ1n) is 8.49. The van der Waals surface area contributed by atoms with Gasteiger partial charge in [0, 0.05) is 25.4 Å². The Bertz CT molecular complexity index is 825. The van der Waals surface area contributed by atoms with Crippen molar-refractivity contribution in [2.75, 3.05) is 24.5 Å². The number of hydrogen-bond donors (Lipinski definition) is 1. The number of anilines is 1. The molecule has 1 unspecified atom stereocenters. The van der Waals surface area contributed by atoms with Gasteiger partial charge in [0.2, 0.25) is 0 Å². The van der Waals surface area contributed by atoms with Gasteiger partial charge in [0.05, 0.1) is 22.2 Å². The van der Waals surface area contributed by atoms with Crippen molar-refractivity contribution < 1.29 is 9.72 Å². The van der Waals surface area contributed by atoms with Gasteiger partial charge in [-0.3, -0.25) is 19.6 Å². The summed E-state index contributed by atoms with van der Waals surface area (Å²) < 4.78 is 1.85. The average Bonchev–Trinajstić information content (AvgIpc) is 3.29. The highest BCUT2D eigenvalue weighted by molar-refractivity contribution is 6.06. The molecule has 1 amide bonds.